The Bertz CT molecular complexity index is 551. The molecule has 0 heterocycles. The third-order valence-electron chi connectivity index (χ3n) is 2.01. The van der Waals surface area contributed by atoms with E-state index in [0.717, 1.165) is 0 Å². The zero-order valence-corrected chi connectivity index (χ0v) is 12.1. The second-order valence-corrected chi connectivity index (χ2v) is 4.50. The van der Waals surface area contributed by atoms with Crippen LogP contribution in [0.1, 0.15) is 5.56 Å². The molecule has 0 fully saturated rings. The van der Waals surface area contributed by atoms with Crippen LogP contribution in [-0.2, 0) is 0 Å². The quantitative estimate of drug-likeness (QED) is 0.817. The predicted octanol–water partition coefficient (Wildman–Crippen LogP) is 4.07. The van der Waals surface area contributed by atoms with Gasteiger partial charge in [0.15, 0.2) is 0 Å². The highest BCUT2D eigenvalue weighted by Gasteiger charge is 2.02. The van der Waals surface area contributed by atoms with Gasteiger partial charge in [0, 0.05) is 18.0 Å². The Balaban J connectivity index is 2.98. The van der Waals surface area contributed by atoms with Gasteiger partial charge in [0.05, 0.1) is 22.3 Å². The topological polar surface area (TPSA) is 45.0 Å². The lowest BCUT2D eigenvalue weighted by molar-refractivity contribution is 0.330. The molecule has 0 amide bonds. The Kier molecular flexibility index (Phi) is 6.81. The van der Waals surface area contributed by atoms with Crippen molar-refractivity contribution in [3.05, 3.63) is 58.4 Å². The number of allylic oxidation sites excluding steroid dienone is 1. The summed E-state index contributed by atoms with van der Waals surface area (Å²) in [6.07, 6.45) is 4.22. The minimum atomic E-state index is -0.280. The molecular weight excluding hydrogens is 307 g/mol. The summed E-state index contributed by atoms with van der Waals surface area (Å²) in [4.78, 5) is 7.82. The molecule has 6 heteroatoms. The van der Waals surface area contributed by atoms with Crippen molar-refractivity contribution in [1.29, 1.82) is 0 Å². The number of benzene rings is 1. The van der Waals surface area contributed by atoms with Crippen LogP contribution in [0.2, 0.25) is 10.0 Å². The summed E-state index contributed by atoms with van der Waals surface area (Å²) < 4.78 is 0. The Labute approximate surface area is 126 Å². The highest BCUT2D eigenvalue weighted by molar-refractivity contribution is 6.68. The molecule has 1 aromatic carbocycles. The second kappa shape index (κ2) is 8.12. The van der Waals surface area contributed by atoms with Crippen LogP contribution in [0.5, 0.6) is 0 Å². The first kappa shape index (κ1) is 15.9. The molecule has 0 unspecified atom stereocenters. The van der Waals surface area contributed by atoms with Crippen LogP contribution in [0.3, 0.4) is 0 Å². The van der Waals surface area contributed by atoms with E-state index in [1.807, 2.05) is 0 Å². The number of hydrogen-bond acceptors (Lipinski definition) is 3. The first-order chi connectivity index (χ1) is 9.08. The second-order valence-electron chi connectivity index (χ2n) is 3.33. The molecule has 0 aromatic heterocycles. The molecule has 100 valence electrons. The van der Waals surface area contributed by atoms with E-state index in [0.29, 0.717) is 21.3 Å². The van der Waals surface area contributed by atoms with Gasteiger partial charge in [-0.25, -0.2) is 4.99 Å². The molecule has 0 saturated heterocycles. The fraction of sp³-hybridized carbons (Fsp3) is 0.0769. The minimum Gasteiger partial charge on any atom is -0.390 e. The van der Waals surface area contributed by atoms with Crippen LogP contribution in [0.4, 0.5) is 0 Å². The van der Waals surface area contributed by atoms with Gasteiger partial charge in [-0.3, -0.25) is 4.99 Å². The fourth-order valence-electron chi connectivity index (χ4n) is 1.16. The van der Waals surface area contributed by atoms with E-state index in [-0.39, 0.29) is 11.8 Å². The lowest BCUT2D eigenvalue weighted by Crippen LogP contribution is -1.93. The van der Waals surface area contributed by atoms with Crippen molar-refractivity contribution in [1.82, 2.24) is 0 Å². The standard InChI is InChI=1S/C13H11Cl3N2O/c1-2-17-12(15)6-10(8-19)18-7-9-4-3-5-11(14)13(9)16/h2-7,19H,1,8H2/b10-6+,17-12?,18-7?. The normalized spacial score (nSPS) is 13.1. The lowest BCUT2D eigenvalue weighted by Gasteiger charge is -2.00. The molecule has 1 N–H and O–H groups in total. The van der Waals surface area contributed by atoms with Gasteiger partial charge in [-0.2, -0.15) is 0 Å². The SMILES string of the molecule is C=CN=C(Cl)/C=C(\CO)N=Cc1cccc(Cl)c1Cl. The minimum absolute atomic E-state index is 0.174. The first-order valence-electron chi connectivity index (χ1n) is 5.22. The molecule has 0 saturated carbocycles. The largest absolute Gasteiger partial charge is 0.390 e. The van der Waals surface area contributed by atoms with E-state index in [9.17, 15) is 0 Å². The van der Waals surface area contributed by atoms with Crippen LogP contribution in [0, 0.1) is 0 Å². The highest BCUT2D eigenvalue weighted by Crippen LogP contribution is 2.24. The van der Waals surface area contributed by atoms with Crippen molar-refractivity contribution in [3.63, 3.8) is 0 Å². The highest BCUT2D eigenvalue weighted by atomic mass is 35.5. The number of aliphatic imine (C=N–C) groups is 2. The Morgan fingerprint density at radius 2 is 2.11 bits per heavy atom. The van der Waals surface area contributed by atoms with Crippen molar-refractivity contribution < 1.29 is 5.11 Å². The van der Waals surface area contributed by atoms with Crippen LogP contribution in [0.15, 0.2) is 52.7 Å². The third-order valence-corrected chi connectivity index (χ3v) is 3.05. The smallest absolute Gasteiger partial charge is 0.130 e. The summed E-state index contributed by atoms with van der Waals surface area (Å²) in [5.74, 6) is 0. The van der Waals surface area contributed by atoms with Gasteiger partial charge in [-0.1, -0.05) is 53.5 Å². The van der Waals surface area contributed by atoms with Gasteiger partial charge >= 0.3 is 0 Å². The summed E-state index contributed by atoms with van der Waals surface area (Å²) in [6.45, 7) is 3.13. The molecule has 3 nitrogen and oxygen atoms in total. The van der Waals surface area contributed by atoms with E-state index < -0.39 is 0 Å². The number of nitrogens with zero attached hydrogens (tertiary/aromatic N) is 2. The number of aliphatic hydroxyl groups is 1. The van der Waals surface area contributed by atoms with Gasteiger partial charge in [-0.15, -0.1) is 0 Å². The summed E-state index contributed by atoms with van der Waals surface area (Å²) >= 11 is 17.6. The van der Waals surface area contributed by atoms with E-state index in [1.54, 1.807) is 18.2 Å². The van der Waals surface area contributed by atoms with Crippen molar-refractivity contribution in [2.75, 3.05) is 6.61 Å². The van der Waals surface area contributed by atoms with Crippen LogP contribution >= 0.6 is 34.8 Å². The third kappa shape index (κ3) is 5.17. The zero-order chi connectivity index (χ0) is 14.3. The summed E-state index contributed by atoms with van der Waals surface area (Å²) in [5.41, 5.74) is 0.983. The zero-order valence-electron chi connectivity index (χ0n) is 9.85. The van der Waals surface area contributed by atoms with Gasteiger partial charge < -0.3 is 5.11 Å². The number of halogens is 3. The number of rotatable bonds is 5. The molecule has 0 bridgehead atoms. The van der Waals surface area contributed by atoms with Crippen molar-refractivity contribution in [2.24, 2.45) is 9.98 Å². The molecule has 1 rings (SSSR count). The fourth-order valence-corrected chi connectivity index (χ4v) is 1.71. The van der Waals surface area contributed by atoms with Crippen LogP contribution in [-0.4, -0.2) is 23.1 Å². The Morgan fingerprint density at radius 1 is 1.37 bits per heavy atom. The Morgan fingerprint density at radius 3 is 2.74 bits per heavy atom. The maximum absolute atomic E-state index is 9.16. The monoisotopic (exact) mass is 316 g/mol. The van der Waals surface area contributed by atoms with Gasteiger partial charge in [-0.05, 0) is 12.1 Å². The lowest BCUT2D eigenvalue weighted by atomic mass is 10.2. The average Bonchev–Trinajstić information content (AvgIpc) is 2.39. The molecule has 0 aliphatic carbocycles. The van der Waals surface area contributed by atoms with Gasteiger partial charge in [0.1, 0.15) is 5.17 Å². The van der Waals surface area contributed by atoms with Crippen molar-refractivity contribution in [2.45, 2.75) is 0 Å². The Hall–Kier alpha value is -1.13. The molecule has 0 atom stereocenters. The maximum Gasteiger partial charge on any atom is 0.130 e. The number of aliphatic hydroxyl groups excluding tert-OH is 1. The predicted molar refractivity (Wildman–Crippen MR) is 82.7 cm³/mol. The molecule has 0 aliphatic heterocycles. The van der Waals surface area contributed by atoms with Crippen LogP contribution in [0.25, 0.3) is 0 Å². The molecule has 1 aromatic rings. The summed E-state index contributed by atoms with van der Waals surface area (Å²) in [5, 5.41) is 10.2. The molecular formula is C13H11Cl3N2O. The summed E-state index contributed by atoms with van der Waals surface area (Å²) in [6, 6.07) is 5.19. The van der Waals surface area contributed by atoms with Gasteiger partial charge in [0.2, 0.25) is 0 Å². The van der Waals surface area contributed by atoms with E-state index >= 15 is 0 Å². The average molecular weight is 318 g/mol. The van der Waals surface area contributed by atoms with E-state index in [4.69, 9.17) is 39.9 Å². The van der Waals surface area contributed by atoms with E-state index in [2.05, 4.69) is 16.6 Å². The molecule has 0 radical (unpaired) electrons. The molecule has 0 aliphatic rings. The van der Waals surface area contributed by atoms with Crippen molar-refractivity contribution >= 4 is 46.2 Å². The molecule has 19 heavy (non-hydrogen) atoms. The maximum atomic E-state index is 9.16. The molecule has 0 spiro atoms. The van der Waals surface area contributed by atoms with Crippen LogP contribution < -0.4 is 0 Å². The number of hydrogen-bond donors (Lipinski definition) is 1. The van der Waals surface area contributed by atoms with Gasteiger partial charge in [0.25, 0.3) is 0 Å². The van der Waals surface area contributed by atoms with E-state index in [1.165, 1.54) is 18.5 Å². The summed E-state index contributed by atoms with van der Waals surface area (Å²) in [7, 11) is 0. The van der Waals surface area contributed by atoms with Crippen molar-refractivity contribution in [3.8, 4) is 0 Å². The first-order valence-corrected chi connectivity index (χ1v) is 6.35.